The van der Waals surface area contributed by atoms with Crippen LogP contribution in [-0.4, -0.2) is 28.2 Å². The summed E-state index contributed by atoms with van der Waals surface area (Å²) in [6.45, 7) is 4.41. The molecule has 0 unspecified atom stereocenters. The molecule has 0 aliphatic heterocycles. The van der Waals surface area contributed by atoms with Crippen molar-refractivity contribution in [2.24, 2.45) is 29.1 Å². The smallest absolute Gasteiger partial charge is 0.155 e. The molecule has 4 aliphatic carbocycles. The highest BCUT2D eigenvalue weighted by Gasteiger charge is 2.63. The molecule has 0 radical (unpaired) electrons. The first kappa shape index (κ1) is 21.2. The Labute approximate surface area is 186 Å². The molecule has 0 heterocycles. The van der Waals surface area contributed by atoms with E-state index in [1.165, 1.54) is 16.7 Å². The van der Waals surface area contributed by atoms with Gasteiger partial charge in [0.15, 0.2) is 5.78 Å². The van der Waals surface area contributed by atoms with Crippen molar-refractivity contribution < 1.29 is 15.0 Å². The van der Waals surface area contributed by atoms with Crippen LogP contribution in [0.1, 0.15) is 68.9 Å². The molecule has 0 saturated heterocycles. The molecule has 3 nitrogen and oxygen atoms in total. The molecule has 166 valence electrons. The first-order chi connectivity index (χ1) is 14.9. The van der Waals surface area contributed by atoms with Crippen molar-refractivity contribution >= 4 is 5.78 Å². The second-order valence-corrected chi connectivity index (χ2v) is 10.9. The summed E-state index contributed by atoms with van der Waals surface area (Å²) in [5, 5.41) is 21.2. The van der Waals surface area contributed by atoms with Crippen molar-refractivity contribution in [3.63, 3.8) is 0 Å². The molecule has 1 aromatic rings. The molecule has 31 heavy (non-hydrogen) atoms. The van der Waals surface area contributed by atoms with Crippen LogP contribution in [0, 0.1) is 36.0 Å². The van der Waals surface area contributed by atoms with E-state index in [4.69, 9.17) is 0 Å². The molecule has 2 N–H and O–H groups in total. The molecule has 0 bridgehead atoms. The number of rotatable bonds is 3. The van der Waals surface area contributed by atoms with Gasteiger partial charge in [-0.25, -0.2) is 0 Å². The monoisotopic (exact) mass is 420 g/mol. The van der Waals surface area contributed by atoms with Crippen LogP contribution in [0.3, 0.4) is 0 Å². The highest BCUT2D eigenvalue weighted by atomic mass is 16.3. The van der Waals surface area contributed by atoms with Gasteiger partial charge in [0.05, 0.1) is 12.2 Å². The Morgan fingerprint density at radius 1 is 1.10 bits per heavy atom. The lowest BCUT2D eigenvalue weighted by atomic mass is 9.46. The summed E-state index contributed by atoms with van der Waals surface area (Å²) in [5.74, 6) is 2.83. The molecule has 3 heteroatoms. The SMILES string of the molecule is Cc1ccc([C@H]2C[C@@]3(C)[C@@H](CC[C@@]3(O)/C=C\CO)[C@@H]3CCC4=CC(=O)CC[C@@H]4[C@H]32)cc1. The average molecular weight is 421 g/mol. The topological polar surface area (TPSA) is 57.5 Å². The summed E-state index contributed by atoms with van der Waals surface area (Å²) < 4.78 is 0. The van der Waals surface area contributed by atoms with Crippen molar-refractivity contribution in [3.8, 4) is 0 Å². The van der Waals surface area contributed by atoms with Crippen molar-refractivity contribution in [2.75, 3.05) is 6.61 Å². The van der Waals surface area contributed by atoms with Crippen molar-refractivity contribution in [1.82, 2.24) is 0 Å². The highest BCUT2D eigenvalue weighted by molar-refractivity contribution is 5.91. The van der Waals surface area contributed by atoms with Gasteiger partial charge in [0, 0.05) is 11.8 Å². The molecule has 0 aromatic heterocycles. The molecule has 0 amide bonds. The minimum absolute atomic E-state index is 0.0270. The molecule has 4 aliphatic rings. The molecular weight excluding hydrogens is 384 g/mol. The molecule has 3 saturated carbocycles. The molecule has 7 atom stereocenters. The Morgan fingerprint density at radius 2 is 1.87 bits per heavy atom. The number of benzene rings is 1. The number of aryl methyl sites for hydroxylation is 1. The fourth-order valence-electron chi connectivity index (χ4n) is 8.02. The highest BCUT2D eigenvalue weighted by Crippen LogP contribution is 2.68. The number of hydrogen-bond acceptors (Lipinski definition) is 3. The minimum atomic E-state index is -0.854. The van der Waals surface area contributed by atoms with Gasteiger partial charge in [0.25, 0.3) is 0 Å². The number of fused-ring (bicyclic) bond motifs is 5. The second-order valence-electron chi connectivity index (χ2n) is 10.9. The number of allylic oxidation sites excluding steroid dienone is 1. The summed E-state index contributed by atoms with van der Waals surface area (Å²) in [7, 11) is 0. The Morgan fingerprint density at radius 3 is 2.61 bits per heavy atom. The average Bonchev–Trinajstić information content (AvgIpc) is 3.02. The van der Waals surface area contributed by atoms with Gasteiger partial charge in [-0.3, -0.25) is 4.79 Å². The molecule has 0 spiro atoms. The normalized spacial score (nSPS) is 42.1. The standard InChI is InChI=1S/C28H36O3/c1-18-4-6-19(7-5-18)24-17-27(2)25(12-14-28(27,31)13-3-15-29)23-10-8-20-16-21(30)9-11-22(20)26(23)24/h3-7,13,16,22-26,29,31H,8-12,14-15,17H2,1-2H3/b13-3-/t22-,23-,24+,25-,26+,27-,28-/m0/s1. The van der Waals surface area contributed by atoms with Crippen LogP contribution in [0.4, 0.5) is 0 Å². The van der Waals surface area contributed by atoms with Gasteiger partial charge in [-0.05, 0) is 86.7 Å². The van der Waals surface area contributed by atoms with Crippen molar-refractivity contribution in [1.29, 1.82) is 0 Å². The van der Waals surface area contributed by atoms with Gasteiger partial charge in [-0.1, -0.05) is 54.5 Å². The summed E-state index contributed by atoms with van der Waals surface area (Å²) in [4.78, 5) is 12.1. The number of aliphatic hydroxyl groups is 2. The third kappa shape index (κ3) is 3.27. The predicted molar refractivity (Wildman–Crippen MR) is 123 cm³/mol. The summed E-state index contributed by atoms with van der Waals surface area (Å²) >= 11 is 0. The van der Waals surface area contributed by atoms with E-state index < -0.39 is 5.60 Å². The quantitative estimate of drug-likeness (QED) is 0.668. The Balaban J connectivity index is 1.60. The largest absolute Gasteiger partial charge is 0.392 e. The number of ketones is 1. The van der Waals surface area contributed by atoms with Gasteiger partial charge in [-0.2, -0.15) is 0 Å². The lowest BCUT2D eigenvalue weighted by molar-refractivity contribution is -0.117. The van der Waals surface area contributed by atoms with E-state index in [2.05, 4.69) is 38.1 Å². The van der Waals surface area contributed by atoms with E-state index in [0.717, 1.165) is 38.5 Å². The van der Waals surface area contributed by atoms with Crippen LogP contribution in [0.2, 0.25) is 0 Å². The van der Waals surface area contributed by atoms with E-state index >= 15 is 0 Å². The van der Waals surface area contributed by atoms with Crippen molar-refractivity contribution in [3.05, 3.63) is 59.2 Å². The van der Waals surface area contributed by atoms with Crippen LogP contribution >= 0.6 is 0 Å². The summed E-state index contributed by atoms with van der Waals surface area (Å²) in [6.07, 6.45) is 12.2. The zero-order valence-corrected chi connectivity index (χ0v) is 18.9. The fraction of sp³-hybridized carbons (Fsp3) is 0.607. The molecule has 1 aromatic carbocycles. The lowest BCUT2D eigenvalue weighted by Gasteiger charge is -2.58. The summed E-state index contributed by atoms with van der Waals surface area (Å²) in [5.41, 5.74) is 3.01. The number of carbonyl (C=O) groups excluding carboxylic acids is 1. The Bertz CT molecular complexity index is 913. The lowest BCUT2D eigenvalue weighted by Crippen LogP contribution is -2.54. The van der Waals surface area contributed by atoms with Gasteiger partial charge in [0.1, 0.15) is 0 Å². The van der Waals surface area contributed by atoms with Crippen LogP contribution < -0.4 is 0 Å². The van der Waals surface area contributed by atoms with Gasteiger partial charge in [-0.15, -0.1) is 0 Å². The minimum Gasteiger partial charge on any atom is -0.392 e. The van der Waals surface area contributed by atoms with Gasteiger partial charge >= 0.3 is 0 Å². The first-order valence-corrected chi connectivity index (χ1v) is 12.2. The molecular formula is C28H36O3. The van der Waals surface area contributed by atoms with Gasteiger partial charge < -0.3 is 10.2 Å². The maximum absolute atomic E-state index is 12.1. The van der Waals surface area contributed by atoms with Crippen molar-refractivity contribution in [2.45, 2.75) is 70.3 Å². The predicted octanol–water partition coefficient (Wildman–Crippen LogP) is 5.11. The zero-order valence-electron chi connectivity index (χ0n) is 18.9. The van der Waals surface area contributed by atoms with E-state index in [1.807, 2.05) is 12.2 Å². The van der Waals surface area contributed by atoms with E-state index in [1.54, 1.807) is 6.08 Å². The van der Waals surface area contributed by atoms with Crippen LogP contribution in [0.25, 0.3) is 0 Å². The molecule has 3 fully saturated rings. The third-order valence-corrected chi connectivity index (χ3v) is 9.52. The Kier molecular flexibility index (Phi) is 5.26. The molecule has 5 rings (SSSR count). The number of hydrogen-bond donors (Lipinski definition) is 2. The fourth-order valence-corrected chi connectivity index (χ4v) is 8.02. The number of carbonyl (C=O) groups is 1. The summed E-state index contributed by atoms with van der Waals surface area (Å²) in [6, 6.07) is 9.03. The van der Waals surface area contributed by atoms with E-state index in [-0.39, 0.29) is 12.0 Å². The number of aliphatic hydroxyl groups excluding tert-OH is 1. The van der Waals surface area contributed by atoms with E-state index in [0.29, 0.717) is 41.8 Å². The van der Waals surface area contributed by atoms with Crippen LogP contribution in [0.5, 0.6) is 0 Å². The van der Waals surface area contributed by atoms with Gasteiger partial charge in [0.2, 0.25) is 0 Å². The first-order valence-electron chi connectivity index (χ1n) is 12.2. The maximum Gasteiger partial charge on any atom is 0.155 e. The van der Waals surface area contributed by atoms with E-state index in [9.17, 15) is 15.0 Å². The third-order valence-electron chi connectivity index (χ3n) is 9.52. The second kappa shape index (κ2) is 7.71. The van der Waals surface area contributed by atoms with Crippen LogP contribution in [0.15, 0.2) is 48.1 Å². The maximum atomic E-state index is 12.1. The Hall–Kier alpha value is -1.71. The zero-order chi connectivity index (χ0) is 21.8. The van der Waals surface area contributed by atoms with Crippen LogP contribution in [-0.2, 0) is 4.79 Å².